The molecule has 2 heterocycles. The Balaban J connectivity index is 1.61. The summed E-state index contributed by atoms with van der Waals surface area (Å²) in [7, 11) is 1.94. The van der Waals surface area contributed by atoms with Gasteiger partial charge in [0.2, 0.25) is 0 Å². The molecule has 2 aromatic rings. The Morgan fingerprint density at radius 3 is 2.71 bits per heavy atom. The third-order valence-electron chi connectivity index (χ3n) is 4.44. The average Bonchev–Trinajstić information content (AvgIpc) is 3.10. The maximum Gasteiger partial charge on any atom is 0.0862 e. The molecule has 1 aliphatic carbocycles. The van der Waals surface area contributed by atoms with Gasteiger partial charge < -0.3 is 10.4 Å². The first kappa shape index (κ1) is 14.1. The van der Waals surface area contributed by atoms with Crippen LogP contribution in [0, 0.1) is 13.8 Å². The number of rotatable bonds is 6. The molecule has 114 valence electrons. The topological polar surface area (TPSA) is 67.9 Å². The molecule has 0 unspecified atom stereocenters. The van der Waals surface area contributed by atoms with E-state index in [0.29, 0.717) is 0 Å². The summed E-state index contributed by atoms with van der Waals surface area (Å²) in [6.45, 7) is 5.12. The predicted octanol–water partition coefficient (Wildman–Crippen LogP) is 1.37. The molecule has 21 heavy (non-hydrogen) atoms. The normalized spacial score (nSPS) is 16.2. The fourth-order valence-electron chi connectivity index (χ4n) is 2.72. The molecule has 0 bridgehead atoms. The summed E-state index contributed by atoms with van der Waals surface area (Å²) in [4.78, 5) is 0. The van der Waals surface area contributed by atoms with Crippen molar-refractivity contribution in [3.05, 3.63) is 29.3 Å². The molecule has 0 saturated heterocycles. The Morgan fingerprint density at radius 1 is 1.38 bits per heavy atom. The van der Waals surface area contributed by atoms with Crippen LogP contribution in [-0.2, 0) is 19.0 Å². The molecular weight excluding hydrogens is 266 g/mol. The van der Waals surface area contributed by atoms with E-state index in [0.717, 1.165) is 48.6 Å². The minimum absolute atomic E-state index is 0.115. The molecular formula is C15H23N5O. The number of aromatic nitrogens is 4. The lowest BCUT2D eigenvalue weighted by Gasteiger charge is -2.14. The summed E-state index contributed by atoms with van der Waals surface area (Å²) in [6, 6.07) is 2.12. The zero-order valence-corrected chi connectivity index (χ0v) is 12.9. The van der Waals surface area contributed by atoms with Gasteiger partial charge in [-0.1, -0.05) is 0 Å². The number of aliphatic hydroxyl groups is 1. The molecule has 3 rings (SSSR count). The van der Waals surface area contributed by atoms with E-state index in [4.69, 9.17) is 0 Å². The van der Waals surface area contributed by atoms with E-state index >= 15 is 0 Å². The maximum absolute atomic E-state index is 9.52. The molecule has 6 nitrogen and oxygen atoms in total. The fraction of sp³-hybridized carbons (Fsp3) is 0.600. The first-order chi connectivity index (χ1) is 10.1. The number of aliphatic hydroxyl groups excluding tert-OH is 1. The molecule has 0 amide bonds. The Labute approximate surface area is 124 Å². The second kappa shape index (κ2) is 5.18. The summed E-state index contributed by atoms with van der Waals surface area (Å²) in [5.41, 5.74) is 4.29. The molecule has 1 saturated carbocycles. The van der Waals surface area contributed by atoms with Gasteiger partial charge in [-0.3, -0.25) is 9.36 Å². The van der Waals surface area contributed by atoms with Crippen molar-refractivity contribution in [2.24, 2.45) is 7.05 Å². The van der Waals surface area contributed by atoms with Crippen LogP contribution in [0.15, 0.2) is 12.3 Å². The monoisotopic (exact) mass is 289 g/mol. The zero-order valence-electron chi connectivity index (χ0n) is 12.9. The summed E-state index contributed by atoms with van der Waals surface area (Å²) < 4.78 is 3.87. The van der Waals surface area contributed by atoms with Crippen molar-refractivity contribution in [2.75, 3.05) is 18.5 Å². The van der Waals surface area contributed by atoms with Gasteiger partial charge in [0.05, 0.1) is 35.4 Å². The first-order valence-electron chi connectivity index (χ1n) is 7.45. The molecule has 2 N–H and O–H groups in total. The highest BCUT2D eigenvalue weighted by Gasteiger charge is 2.45. The largest absolute Gasteiger partial charge is 0.394 e. The van der Waals surface area contributed by atoms with Gasteiger partial charge in [-0.05, 0) is 32.8 Å². The van der Waals surface area contributed by atoms with Crippen LogP contribution < -0.4 is 5.32 Å². The number of hydrogen-bond acceptors (Lipinski definition) is 4. The van der Waals surface area contributed by atoms with Crippen LogP contribution in [0.1, 0.15) is 29.9 Å². The van der Waals surface area contributed by atoms with Crippen LogP contribution >= 0.6 is 0 Å². The van der Waals surface area contributed by atoms with Gasteiger partial charge in [-0.2, -0.15) is 10.2 Å². The van der Waals surface area contributed by atoms with E-state index in [-0.39, 0.29) is 12.1 Å². The van der Waals surface area contributed by atoms with Gasteiger partial charge in [0.25, 0.3) is 0 Å². The van der Waals surface area contributed by atoms with Crippen LogP contribution in [0.2, 0.25) is 0 Å². The van der Waals surface area contributed by atoms with Gasteiger partial charge in [-0.25, -0.2) is 0 Å². The standard InChI is InChI=1S/C15H23N5O/c1-11-8-13(18-20(11)15(10-21)5-6-15)4-7-16-14-9-17-19(3)12(14)2/h8-9,16,21H,4-7,10H2,1-3H3. The molecule has 6 heteroatoms. The highest BCUT2D eigenvalue weighted by atomic mass is 16.3. The number of nitrogens with zero attached hydrogens (tertiary/aromatic N) is 4. The van der Waals surface area contributed by atoms with Crippen molar-refractivity contribution in [3.8, 4) is 0 Å². The Kier molecular flexibility index (Phi) is 3.49. The lowest BCUT2D eigenvalue weighted by Crippen LogP contribution is -2.24. The van der Waals surface area contributed by atoms with Gasteiger partial charge in [0.15, 0.2) is 0 Å². The minimum atomic E-state index is -0.115. The van der Waals surface area contributed by atoms with Gasteiger partial charge in [0.1, 0.15) is 0 Å². The van der Waals surface area contributed by atoms with E-state index in [9.17, 15) is 5.11 Å². The molecule has 0 atom stereocenters. The van der Waals surface area contributed by atoms with Crippen molar-refractivity contribution >= 4 is 5.69 Å². The summed E-state index contributed by atoms with van der Waals surface area (Å²) >= 11 is 0. The van der Waals surface area contributed by atoms with Crippen LogP contribution in [0.5, 0.6) is 0 Å². The summed E-state index contributed by atoms with van der Waals surface area (Å²) in [6.07, 6.45) is 4.77. The van der Waals surface area contributed by atoms with E-state index in [1.807, 2.05) is 29.5 Å². The van der Waals surface area contributed by atoms with Crippen LogP contribution in [0.4, 0.5) is 5.69 Å². The second-order valence-corrected chi connectivity index (χ2v) is 6.02. The molecule has 0 radical (unpaired) electrons. The van der Waals surface area contributed by atoms with E-state index < -0.39 is 0 Å². The molecule has 1 aliphatic rings. The minimum Gasteiger partial charge on any atom is -0.394 e. The van der Waals surface area contributed by atoms with E-state index in [1.165, 1.54) is 0 Å². The smallest absolute Gasteiger partial charge is 0.0862 e. The average molecular weight is 289 g/mol. The Morgan fingerprint density at radius 2 is 2.14 bits per heavy atom. The Bertz CT molecular complexity index is 639. The summed E-state index contributed by atoms with van der Waals surface area (Å²) in [5, 5.41) is 21.8. The molecule has 2 aromatic heterocycles. The zero-order chi connectivity index (χ0) is 15.0. The lowest BCUT2D eigenvalue weighted by molar-refractivity contribution is 0.200. The number of aryl methyl sites for hydroxylation is 2. The highest BCUT2D eigenvalue weighted by molar-refractivity contribution is 5.45. The lowest BCUT2D eigenvalue weighted by atomic mass is 10.2. The van der Waals surface area contributed by atoms with Crippen molar-refractivity contribution in [2.45, 2.75) is 38.6 Å². The maximum atomic E-state index is 9.52. The van der Waals surface area contributed by atoms with Crippen LogP contribution in [0.25, 0.3) is 0 Å². The highest BCUT2D eigenvalue weighted by Crippen LogP contribution is 2.43. The molecule has 0 spiro atoms. The fourth-order valence-corrected chi connectivity index (χ4v) is 2.72. The van der Waals surface area contributed by atoms with Gasteiger partial charge >= 0.3 is 0 Å². The SMILES string of the molecule is Cc1c(NCCc2cc(C)n(C3(CO)CC3)n2)cnn1C. The third kappa shape index (κ3) is 2.55. The van der Waals surface area contributed by atoms with Crippen molar-refractivity contribution in [3.63, 3.8) is 0 Å². The van der Waals surface area contributed by atoms with E-state index in [1.54, 1.807) is 0 Å². The molecule has 1 fully saturated rings. The number of anilines is 1. The van der Waals surface area contributed by atoms with Gasteiger partial charge in [0, 0.05) is 25.7 Å². The summed E-state index contributed by atoms with van der Waals surface area (Å²) in [5.74, 6) is 0. The Hall–Kier alpha value is -1.82. The number of hydrogen-bond donors (Lipinski definition) is 2. The predicted molar refractivity (Wildman–Crippen MR) is 81.4 cm³/mol. The second-order valence-electron chi connectivity index (χ2n) is 6.02. The van der Waals surface area contributed by atoms with Crippen LogP contribution in [0.3, 0.4) is 0 Å². The van der Waals surface area contributed by atoms with Crippen molar-refractivity contribution in [1.82, 2.24) is 19.6 Å². The van der Waals surface area contributed by atoms with E-state index in [2.05, 4.69) is 28.5 Å². The third-order valence-corrected chi connectivity index (χ3v) is 4.44. The quantitative estimate of drug-likeness (QED) is 0.843. The first-order valence-corrected chi connectivity index (χ1v) is 7.45. The molecule has 0 aromatic carbocycles. The van der Waals surface area contributed by atoms with Gasteiger partial charge in [-0.15, -0.1) is 0 Å². The number of nitrogens with one attached hydrogen (secondary N) is 1. The van der Waals surface area contributed by atoms with Crippen molar-refractivity contribution in [1.29, 1.82) is 0 Å². The van der Waals surface area contributed by atoms with Crippen molar-refractivity contribution < 1.29 is 5.11 Å². The van der Waals surface area contributed by atoms with Crippen LogP contribution in [-0.4, -0.2) is 37.8 Å². The molecule has 0 aliphatic heterocycles.